The van der Waals surface area contributed by atoms with Crippen molar-refractivity contribution in [1.29, 1.82) is 0 Å². The number of carbonyl (C=O) groups is 1. The van der Waals surface area contributed by atoms with Gasteiger partial charge in [0.1, 0.15) is 0 Å². The summed E-state index contributed by atoms with van der Waals surface area (Å²) >= 11 is 6.18. The van der Waals surface area contributed by atoms with Crippen molar-refractivity contribution in [2.75, 3.05) is 13.1 Å². The number of nitrogens with one attached hydrogen (secondary N) is 2. The van der Waals surface area contributed by atoms with Crippen LogP contribution in [0.4, 0.5) is 0 Å². The average Bonchev–Trinajstić information content (AvgIpc) is 2.90. The minimum atomic E-state index is -0.190. The number of benzene rings is 1. The van der Waals surface area contributed by atoms with Crippen molar-refractivity contribution in [2.24, 2.45) is 0 Å². The fourth-order valence-corrected chi connectivity index (χ4v) is 2.84. The van der Waals surface area contributed by atoms with E-state index in [9.17, 15) is 4.79 Å². The number of halogens is 1. The number of hydrogen-bond donors (Lipinski definition) is 2. The number of rotatable bonds is 3. The molecule has 7 heteroatoms. The van der Waals surface area contributed by atoms with Crippen molar-refractivity contribution in [2.45, 2.75) is 25.8 Å². The molecule has 116 valence electrons. The molecule has 1 atom stereocenters. The Morgan fingerprint density at radius 1 is 1.45 bits per heavy atom. The molecule has 0 unspecified atom stereocenters. The highest BCUT2D eigenvalue weighted by Crippen LogP contribution is 2.21. The van der Waals surface area contributed by atoms with E-state index in [-0.39, 0.29) is 11.9 Å². The van der Waals surface area contributed by atoms with Crippen LogP contribution in [-0.2, 0) is 0 Å². The number of nitrogens with zero attached hydrogens (tertiary/aromatic N) is 3. The largest absolute Gasteiger partial charge is 0.347 e. The highest BCUT2D eigenvalue weighted by atomic mass is 35.5. The Morgan fingerprint density at radius 2 is 2.27 bits per heavy atom. The van der Waals surface area contributed by atoms with E-state index in [4.69, 9.17) is 11.6 Å². The second-order valence-electron chi connectivity index (χ2n) is 5.40. The zero-order chi connectivity index (χ0) is 15.5. The highest BCUT2D eigenvalue weighted by molar-refractivity contribution is 6.32. The zero-order valence-corrected chi connectivity index (χ0v) is 13.1. The smallest absolute Gasteiger partial charge is 0.274 e. The molecule has 1 aliphatic rings. The molecular weight excluding hydrogens is 302 g/mol. The quantitative estimate of drug-likeness (QED) is 0.903. The Bertz CT molecular complexity index is 678. The third-order valence-electron chi connectivity index (χ3n) is 3.82. The van der Waals surface area contributed by atoms with E-state index >= 15 is 0 Å². The molecule has 0 saturated carbocycles. The predicted molar refractivity (Wildman–Crippen MR) is 84.5 cm³/mol. The second kappa shape index (κ2) is 6.46. The third kappa shape index (κ3) is 2.98. The molecule has 2 heterocycles. The topological polar surface area (TPSA) is 71.8 Å². The van der Waals surface area contributed by atoms with Crippen LogP contribution in [0.3, 0.4) is 0 Å². The number of amides is 1. The van der Waals surface area contributed by atoms with Gasteiger partial charge in [-0.1, -0.05) is 28.9 Å². The molecule has 0 bridgehead atoms. The van der Waals surface area contributed by atoms with Gasteiger partial charge in [-0.3, -0.25) is 4.79 Å². The van der Waals surface area contributed by atoms with Gasteiger partial charge in [0, 0.05) is 12.6 Å². The van der Waals surface area contributed by atoms with E-state index in [1.807, 2.05) is 25.1 Å². The first-order valence-electron chi connectivity index (χ1n) is 7.35. The Labute approximate surface area is 133 Å². The monoisotopic (exact) mass is 319 g/mol. The van der Waals surface area contributed by atoms with Crippen LogP contribution in [0.5, 0.6) is 0 Å². The molecule has 0 aliphatic carbocycles. The first kappa shape index (κ1) is 15.0. The molecule has 1 saturated heterocycles. The normalized spacial score (nSPS) is 18.2. The van der Waals surface area contributed by atoms with Gasteiger partial charge in [-0.15, -0.1) is 5.10 Å². The fraction of sp³-hybridized carbons (Fsp3) is 0.400. The van der Waals surface area contributed by atoms with Gasteiger partial charge >= 0.3 is 0 Å². The van der Waals surface area contributed by atoms with Gasteiger partial charge in [-0.05, 0) is 38.4 Å². The van der Waals surface area contributed by atoms with Gasteiger partial charge in [-0.2, -0.15) is 0 Å². The van der Waals surface area contributed by atoms with Gasteiger partial charge in [0.05, 0.1) is 16.4 Å². The van der Waals surface area contributed by atoms with Crippen molar-refractivity contribution in [3.8, 4) is 5.69 Å². The third-order valence-corrected chi connectivity index (χ3v) is 4.14. The Hall–Kier alpha value is -1.92. The summed E-state index contributed by atoms with van der Waals surface area (Å²) in [5, 5.41) is 14.9. The summed E-state index contributed by atoms with van der Waals surface area (Å²) in [5.41, 5.74) is 1.73. The Kier molecular flexibility index (Phi) is 4.40. The number of aromatic nitrogens is 3. The molecule has 3 rings (SSSR count). The van der Waals surface area contributed by atoms with Gasteiger partial charge in [0.2, 0.25) is 0 Å². The van der Waals surface area contributed by atoms with Crippen LogP contribution in [0.15, 0.2) is 24.3 Å². The fourth-order valence-electron chi connectivity index (χ4n) is 2.62. The minimum absolute atomic E-state index is 0.145. The molecule has 2 N–H and O–H groups in total. The van der Waals surface area contributed by atoms with Crippen LogP contribution < -0.4 is 10.6 Å². The molecule has 1 amide bonds. The Balaban J connectivity index is 1.81. The lowest BCUT2D eigenvalue weighted by Crippen LogP contribution is -2.45. The van der Waals surface area contributed by atoms with Crippen molar-refractivity contribution in [3.63, 3.8) is 0 Å². The van der Waals surface area contributed by atoms with Crippen molar-refractivity contribution in [3.05, 3.63) is 40.7 Å². The molecular formula is C15H18ClN5O. The maximum atomic E-state index is 12.4. The molecule has 0 radical (unpaired) electrons. The van der Waals surface area contributed by atoms with Gasteiger partial charge < -0.3 is 10.6 Å². The summed E-state index contributed by atoms with van der Waals surface area (Å²) < 4.78 is 1.59. The van der Waals surface area contributed by atoms with Crippen LogP contribution in [0.1, 0.15) is 29.0 Å². The Morgan fingerprint density at radius 3 is 3.00 bits per heavy atom. The summed E-state index contributed by atoms with van der Waals surface area (Å²) in [7, 11) is 0. The molecule has 1 aliphatic heterocycles. The number of piperidine rings is 1. The van der Waals surface area contributed by atoms with Crippen molar-refractivity contribution >= 4 is 17.5 Å². The van der Waals surface area contributed by atoms with Crippen LogP contribution >= 0.6 is 11.6 Å². The molecule has 2 aromatic rings. The van der Waals surface area contributed by atoms with Crippen molar-refractivity contribution < 1.29 is 4.79 Å². The van der Waals surface area contributed by atoms with E-state index in [1.165, 1.54) is 0 Å². The standard InChI is InChI=1S/C15H18ClN5O/c1-10-14(15(22)18-11-5-4-8-17-9-11)19-20-21(10)13-7-3-2-6-12(13)16/h2-3,6-7,11,17H,4-5,8-9H2,1H3,(H,18,22)/t11-/m0/s1. The predicted octanol–water partition coefficient (Wildman–Crippen LogP) is 1.71. The van der Waals surface area contributed by atoms with E-state index in [1.54, 1.807) is 10.7 Å². The number of carbonyl (C=O) groups excluding carboxylic acids is 1. The lowest BCUT2D eigenvalue weighted by molar-refractivity contribution is 0.0925. The first-order chi connectivity index (χ1) is 10.7. The van der Waals surface area contributed by atoms with Gasteiger partial charge in [-0.25, -0.2) is 4.68 Å². The second-order valence-corrected chi connectivity index (χ2v) is 5.81. The first-order valence-corrected chi connectivity index (χ1v) is 7.73. The maximum absolute atomic E-state index is 12.4. The molecule has 6 nitrogen and oxygen atoms in total. The minimum Gasteiger partial charge on any atom is -0.347 e. The number of para-hydroxylation sites is 1. The van der Waals surface area contributed by atoms with Crippen molar-refractivity contribution in [1.82, 2.24) is 25.6 Å². The summed E-state index contributed by atoms with van der Waals surface area (Å²) in [6.45, 7) is 3.62. The molecule has 0 spiro atoms. The van der Waals surface area contributed by atoms with Crippen LogP contribution in [0.25, 0.3) is 5.69 Å². The lowest BCUT2D eigenvalue weighted by Gasteiger charge is -2.23. The van der Waals surface area contributed by atoms with Gasteiger partial charge in [0.15, 0.2) is 5.69 Å². The SMILES string of the molecule is Cc1c(C(=O)N[C@H]2CCCNC2)nnn1-c1ccccc1Cl. The van der Waals surface area contributed by atoms with Gasteiger partial charge in [0.25, 0.3) is 5.91 Å². The molecule has 1 fully saturated rings. The van der Waals surface area contributed by atoms with Crippen LogP contribution in [0, 0.1) is 6.92 Å². The highest BCUT2D eigenvalue weighted by Gasteiger charge is 2.22. The van der Waals surface area contributed by atoms with E-state index in [0.29, 0.717) is 22.1 Å². The molecule has 22 heavy (non-hydrogen) atoms. The molecule has 1 aromatic carbocycles. The van der Waals surface area contributed by atoms with E-state index in [0.717, 1.165) is 25.9 Å². The molecule has 1 aromatic heterocycles. The number of hydrogen-bond acceptors (Lipinski definition) is 4. The zero-order valence-electron chi connectivity index (χ0n) is 12.3. The lowest BCUT2D eigenvalue weighted by atomic mass is 10.1. The maximum Gasteiger partial charge on any atom is 0.274 e. The summed E-state index contributed by atoms with van der Waals surface area (Å²) in [6, 6.07) is 7.49. The van der Waals surface area contributed by atoms with Crippen LogP contribution in [-0.4, -0.2) is 40.0 Å². The summed E-state index contributed by atoms with van der Waals surface area (Å²) in [6.07, 6.45) is 2.05. The van der Waals surface area contributed by atoms with E-state index < -0.39 is 0 Å². The van der Waals surface area contributed by atoms with Crippen LogP contribution in [0.2, 0.25) is 5.02 Å². The summed E-state index contributed by atoms with van der Waals surface area (Å²) in [5.74, 6) is -0.190. The average molecular weight is 320 g/mol. The van der Waals surface area contributed by atoms with E-state index in [2.05, 4.69) is 20.9 Å². The summed E-state index contributed by atoms with van der Waals surface area (Å²) in [4.78, 5) is 12.4.